The first-order valence-electron chi connectivity index (χ1n) is 13.4. The maximum absolute atomic E-state index is 12.9. The molecule has 1 aliphatic carbocycles. The molecule has 216 valence electrons. The van der Waals surface area contributed by atoms with Crippen molar-refractivity contribution in [3.63, 3.8) is 0 Å². The van der Waals surface area contributed by atoms with Crippen LogP contribution in [0.5, 0.6) is 0 Å². The van der Waals surface area contributed by atoms with Gasteiger partial charge < -0.3 is 14.2 Å². The molecule has 12 nitrogen and oxygen atoms in total. The van der Waals surface area contributed by atoms with Crippen molar-refractivity contribution in [1.29, 1.82) is 0 Å². The second-order valence-corrected chi connectivity index (χ2v) is 10.1. The van der Waals surface area contributed by atoms with E-state index in [0.29, 0.717) is 12.8 Å². The van der Waals surface area contributed by atoms with Gasteiger partial charge in [0.1, 0.15) is 18.3 Å². The van der Waals surface area contributed by atoms with E-state index in [9.17, 15) is 34.6 Å². The van der Waals surface area contributed by atoms with Gasteiger partial charge in [-0.15, -0.1) is 0 Å². The van der Waals surface area contributed by atoms with Crippen LogP contribution in [-0.4, -0.2) is 46.1 Å². The van der Waals surface area contributed by atoms with Crippen molar-refractivity contribution in [3.8, 4) is 0 Å². The van der Waals surface area contributed by atoms with Crippen LogP contribution in [0.25, 0.3) is 0 Å². The number of nitro benzene ring substituents is 2. The van der Waals surface area contributed by atoms with Crippen molar-refractivity contribution in [2.45, 2.75) is 63.8 Å². The lowest BCUT2D eigenvalue weighted by Crippen LogP contribution is -2.25. The standard InChI is InChI=1S/C29H30N2O10/c1-2-3-4-5-22(39-28(33)18-6-10-20(11-7-18)30(35)36)14-15-23-24-16-27(32)40-26(24)17-25(23)41-29(34)19-8-12-21(13-9-19)31(37)38/h6-15,22-26H,2-5,16-17H2,1H3/b15-14+/t22-,23+,24+,25+,26-/m0/s1. The molecule has 0 N–H and O–H groups in total. The summed E-state index contributed by atoms with van der Waals surface area (Å²) in [6.45, 7) is 2.05. The molecule has 41 heavy (non-hydrogen) atoms. The summed E-state index contributed by atoms with van der Waals surface area (Å²) in [4.78, 5) is 58.4. The Balaban J connectivity index is 1.50. The zero-order valence-corrected chi connectivity index (χ0v) is 22.4. The number of non-ortho nitro benzene ring substituents is 2. The molecule has 1 heterocycles. The van der Waals surface area contributed by atoms with Crippen molar-refractivity contribution >= 4 is 29.3 Å². The van der Waals surface area contributed by atoms with Gasteiger partial charge in [-0.3, -0.25) is 25.0 Å². The Morgan fingerprint density at radius 3 is 2.12 bits per heavy atom. The maximum Gasteiger partial charge on any atom is 0.338 e. The molecule has 0 unspecified atom stereocenters. The van der Waals surface area contributed by atoms with Crippen LogP contribution >= 0.6 is 0 Å². The first-order valence-corrected chi connectivity index (χ1v) is 13.4. The molecule has 4 rings (SSSR count). The van der Waals surface area contributed by atoms with Crippen molar-refractivity contribution < 1.29 is 38.4 Å². The zero-order valence-electron chi connectivity index (χ0n) is 22.4. The minimum atomic E-state index is -0.654. The molecule has 2 aliphatic rings. The molecule has 2 aromatic carbocycles. The van der Waals surface area contributed by atoms with E-state index >= 15 is 0 Å². The third kappa shape index (κ3) is 7.33. The lowest BCUT2D eigenvalue weighted by atomic mass is 9.91. The Kier molecular flexibility index (Phi) is 9.43. The molecule has 12 heteroatoms. The molecule has 1 saturated carbocycles. The molecule has 1 aliphatic heterocycles. The third-order valence-electron chi connectivity index (χ3n) is 7.34. The van der Waals surface area contributed by atoms with E-state index in [2.05, 4.69) is 0 Å². The van der Waals surface area contributed by atoms with Gasteiger partial charge >= 0.3 is 17.9 Å². The Morgan fingerprint density at radius 2 is 1.56 bits per heavy atom. The van der Waals surface area contributed by atoms with Crippen LogP contribution in [0.15, 0.2) is 60.7 Å². The Morgan fingerprint density at radius 1 is 0.976 bits per heavy atom. The predicted octanol–water partition coefficient (Wildman–Crippen LogP) is 5.34. The lowest BCUT2D eigenvalue weighted by molar-refractivity contribution is -0.385. The smallest absolute Gasteiger partial charge is 0.338 e. The van der Waals surface area contributed by atoms with Crippen molar-refractivity contribution in [1.82, 2.24) is 0 Å². The largest absolute Gasteiger partial charge is 0.462 e. The number of carbonyl (C=O) groups is 3. The number of ether oxygens (including phenoxy) is 3. The van der Waals surface area contributed by atoms with Crippen LogP contribution in [0.4, 0.5) is 11.4 Å². The highest BCUT2D eigenvalue weighted by atomic mass is 16.6. The highest BCUT2D eigenvalue weighted by Gasteiger charge is 2.50. The molecule has 0 spiro atoms. The summed E-state index contributed by atoms with van der Waals surface area (Å²) >= 11 is 0. The normalized spacial score (nSPS) is 22.1. The van der Waals surface area contributed by atoms with E-state index in [1.54, 1.807) is 12.2 Å². The topological polar surface area (TPSA) is 165 Å². The van der Waals surface area contributed by atoms with Gasteiger partial charge in [0.25, 0.3) is 11.4 Å². The number of esters is 3. The average Bonchev–Trinajstić information content (AvgIpc) is 3.46. The SMILES string of the molecule is CCCCC[C@@H](/C=C/[C@@H]1[C@H]2CC(=O)O[C@H]2C[C@H]1OC(=O)c1ccc([N+](=O)[O-])cc1)OC(=O)c1ccc([N+](=O)[O-])cc1. The van der Waals surface area contributed by atoms with Gasteiger partial charge in [0.15, 0.2) is 0 Å². The van der Waals surface area contributed by atoms with Crippen LogP contribution in [-0.2, 0) is 19.0 Å². The maximum atomic E-state index is 12.9. The zero-order chi connectivity index (χ0) is 29.5. The Bertz CT molecular complexity index is 1320. The summed E-state index contributed by atoms with van der Waals surface area (Å²) in [5.41, 5.74) is 0.0402. The number of unbranched alkanes of at least 4 members (excludes halogenated alkanes) is 2. The summed E-state index contributed by atoms with van der Waals surface area (Å²) < 4.78 is 17.0. The molecule has 0 bridgehead atoms. The van der Waals surface area contributed by atoms with Gasteiger partial charge in [-0.05, 0) is 43.2 Å². The van der Waals surface area contributed by atoms with Crippen LogP contribution in [0.1, 0.15) is 66.2 Å². The van der Waals surface area contributed by atoms with Gasteiger partial charge in [0, 0.05) is 42.5 Å². The predicted molar refractivity (Wildman–Crippen MR) is 144 cm³/mol. The van der Waals surface area contributed by atoms with E-state index in [0.717, 1.165) is 19.3 Å². The third-order valence-corrected chi connectivity index (χ3v) is 7.34. The van der Waals surface area contributed by atoms with Crippen LogP contribution in [0.2, 0.25) is 0 Å². The molecule has 1 saturated heterocycles. The summed E-state index contributed by atoms with van der Waals surface area (Å²) in [7, 11) is 0. The number of carbonyl (C=O) groups excluding carboxylic acids is 3. The van der Waals surface area contributed by atoms with E-state index < -0.39 is 40.1 Å². The van der Waals surface area contributed by atoms with Gasteiger partial charge in [0.2, 0.25) is 0 Å². The highest BCUT2D eigenvalue weighted by molar-refractivity contribution is 5.90. The van der Waals surface area contributed by atoms with Gasteiger partial charge in [-0.2, -0.15) is 0 Å². The van der Waals surface area contributed by atoms with Gasteiger partial charge in [-0.25, -0.2) is 9.59 Å². The lowest BCUT2D eigenvalue weighted by Gasteiger charge is -2.21. The minimum Gasteiger partial charge on any atom is -0.462 e. The number of fused-ring (bicyclic) bond motifs is 1. The van der Waals surface area contributed by atoms with E-state index in [4.69, 9.17) is 14.2 Å². The van der Waals surface area contributed by atoms with Crippen molar-refractivity contribution in [2.75, 3.05) is 0 Å². The summed E-state index contributed by atoms with van der Waals surface area (Å²) in [6, 6.07) is 10.2. The van der Waals surface area contributed by atoms with Gasteiger partial charge in [-0.1, -0.05) is 25.8 Å². The van der Waals surface area contributed by atoms with Crippen LogP contribution in [0.3, 0.4) is 0 Å². The fourth-order valence-electron chi connectivity index (χ4n) is 5.18. The fraction of sp³-hybridized carbons (Fsp3) is 0.414. The number of nitro groups is 2. The second-order valence-electron chi connectivity index (χ2n) is 10.1. The van der Waals surface area contributed by atoms with Gasteiger partial charge in [0.05, 0.1) is 27.4 Å². The Labute approximate surface area is 235 Å². The molecular weight excluding hydrogens is 536 g/mol. The number of rotatable bonds is 12. The van der Waals surface area contributed by atoms with Crippen molar-refractivity contribution in [3.05, 3.63) is 92.0 Å². The number of hydrogen-bond donors (Lipinski definition) is 0. The quantitative estimate of drug-likeness (QED) is 0.0817. The summed E-state index contributed by atoms with van der Waals surface area (Å²) in [5, 5.41) is 21.8. The molecule has 0 aromatic heterocycles. The molecule has 0 radical (unpaired) electrons. The van der Waals surface area contributed by atoms with Crippen LogP contribution in [0, 0.1) is 32.1 Å². The molecule has 2 fully saturated rings. The molecular formula is C29H30N2O10. The molecule has 0 amide bonds. The first kappa shape index (κ1) is 29.4. The monoisotopic (exact) mass is 566 g/mol. The average molecular weight is 567 g/mol. The van der Waals surface area contributed by atoms with Crippen LogP contribution < -0.4 is 0 Å². The summed E-state index contributed by atoms with van der Waals surface area (Å²) in [5.74, 6) is -2.23. The van der Waals surface area contributed by atoms with E-state index in [-0.39, 0.29) is 46.7 Å². The highest BCUT2D eigenvalue weighted by Crippen LogP contribution is 2.44. The Hall–Kier alpha value is -4.61. The fourth-order valence-corrected chi connectivity index (χ4v) is 5.18. The van der Waals surface area contributed by atoms with E-state index in [1.807, 2.05) is 6.92 Å². The minimum absolute atomic E-state index is 0.139. The van der Waals surface area contributed by atoms with Crippen molar-refractivity contribution in [2.24, 2.45) is 11.8 Å². The number of benzene rings is 2. The second kappa shape index (κ2) is 13.2. The summed E-state index contributed by atoms with van der Waals surface area (Å²) in [6.07, 6.45) is 5.54. The molecule has 5 atom stereocenters. The number of nitrogens with zero attached hydrogens (tertiary/aromatic N) is 2. The number of hydrogen-bond acceptors (Lipinski definition) is 10. The van der Waals surface area contributed by atoms with E-state index in [1.165, 1.54) is 48.5 Å². The molecule has 2 aromatic rings. The first-order chi connectivity index (χ1) is 19.7.